The SMILES string of the molecule is Bc1c(B)c(B)c(-c2nn(-c3cccc(Oc4ccc5oc6ccccc6c5c4)c3Cl)c3ccccc23)c(B)c1B. The van der Waals surface area contributed by atoms with Crippen LogP contribution < -0.4 is 32.1 Å². The third-order valence-electron chi connectivity index (χ3n) is 8.57. The van der Waals surface area contributed by atoms with Crippen molar-refractivity contribution in [2.24, 2.45) is 0 Å². The van der Waals surface area contributed by atoms with E-state index in [1.54, 1.807) is 0 Å². The minimum atomic E-state index is 0.495. The van der Waals surface area contributed by atoms with Crippen molar-refractivity contribution < 1.29 is 9.15 Å². The average Bonchev–Trinajstić information content (AvgIpc) is 3.55. The number of hydrogen-bond acceptors (Lipinski definition) is 3. The van der Waals surface area contributed by atoms with Crippen molar-refractivity contribution in [3.63, 3.8) is 0 Å². The van der Waals surface area contributed by atoms with Gasteiger partial charge in [-0.25, -0.2) is 4.68 Å². The second-order valence-electron chi connectivity index (χ2n) is 10.7. The van der Waals surface area contributed by atoms with Crippen LogP contribution in [0, 0.1) is 0 Å². The number of para-hydroxylation sites is 2. The molecule has 0 atom stereocenters. The Kier molecular flexibility index (Phi) is 6.09. The zero-order valence-corrected chi connectivity index (χ0v) is 24.4. The van der Waals surface area contributed by atoms with Crippen LogP contribution in [0.4, 0.5) is 0 Å². The number of fused-ring (bicyclic) bond motifs is 4. The van der Waals surface area contributed by atoms with E-state index in [1.165, 1.54) is 32.9 Å². The molecular weight excluding hydrogens is 522 g/mol. The summed E-state index contributed by atoms with van der Waals surface area (Å²) in [6.07, 6.45) is 0. The van der Waals surface area contributed by atoms with Crippen molar-refractivity contribution in [3.8, 4) is 28.4 Å². The number of ether oxygens (including phenoxy) is 1. The molecular formula is C31H24B5ClN2O2. The van der Waals surface area contributed by atoms with Gasteiger partial charge in [0.1, 0.15) is 66.9 Å². The Hall–Kier alpha value is -4.22. The summed E-state index contributed by atoms with van der Waals surface area (Å²) in [5.41, 5.74) is 12.0. The highest BCUT2D eigenvalue weighted by Gasteiger charge is 2.21. The lowest BCUT2D eigenvalue weighted by Crippen LogP contribution is -2.55. The first-order valence-electron chi connectivity index (χ1n) is 13.8. The zero-order valence-electron chi connectivity index (χ0n) is 23.7. The quantitative estimate of drug-likeness (QED) is 0.299. The molecule has 0 spiro atoms. The topological polar surface area (TPSA) is 40.2 Å². The molecule has 0 unspecified atom stereocenters. The van der Waals surface area contributed by atoms with E-state index in [1.807, 2.05) is 65.3 Å². The van der Waals surface area contributed by atoms with Crippen molar-refractivity contribution in [1.82, 2.24) is 9.78 Å². The second kappa shape index (κ2) is 9.71. The molecule has 0 radical (unpaired) electrons. The fourth-order valence-corrected chi connectivity index (χ4v) is 6.17. The summed E-state index contributed by atoms with van der Waals surface area (Å²) in [6.45, 7) is 0. The van der Waals surface area contributed by atoms with E-state index in [4.69, 9.17) is 25.9 Å². The molecule has 0 amide bonds. The van der Waals surface area contributed by atoms with Gasteiger partial charge < -0.3 is 9.15 Å². The summed E-state index contributed by atoms with van der Waals surface area (Å²) in [7, 11) is 11.0. The number of aromatic nitrogens is 2. The predicted molar refractivity (Wildman–Crippen MR) is 186 cm³/mol. The lowest BCUT2D eigenvalue weighted by molar-refractivity contribution is 0.483. The first kappa shape index (κ1) is 25.7. The smallest absolute Gasteiger partial charge is 0.148 e. The van der Waals surface area contributed by atoms with Crippen LogP contribution in [0.25, 0.3) is 49.8 Å². The minimum Gasteiger partial charge on any atom is -0.456 e. The van der Waals surface area contributed by atoms with Crippen molar-refractivity contribution in [1.29, 1.82) is 0 Å². The van der Waals surface area contributed by atoms with Crippen LogP contribution in [0.5, 0.6) is 11.5 Å². The van der Waals surface area contributed by atoms with Crippen molar-refractivity contribution in [3.05, 3.63) is 90.0 Å². The monoisotopic (exact) mass is 546 g/mol. The molecule has 0 bridgehead atoms. The van der Waals surface area contributed by atoms with Gasteiger partial charge in [-0.3, -0.25) is 0 Å². The fourth-order valence-electron chi connectivity index (χ4n) is 5.93. The summed E-state index contributed by atoms with van der Waals surface area (Å²) < 4.78 is 14.3. The molecule has 41 heavy (non-hydrogen) atoms. The molecule has 2 heterocycles. The predicted octanol–water partition coefficient (Wildman–Crippen LogP) is 0.330. The third kappa shape index (κ3) is 4.02. The van der Waals surface area contributed by atoms with E-state index in [-0.39, 0.29) is 0 Å². The van der Waals surface area contributed by atoms with Crippen LogP contribution >= 0.6 is 11.6 Å². The molecule has 0 aliphatic heterocycles. The summed E-state index contributed by atoms with van der Waals surface area (Å²) in [4.78, 5) is 0. The molecule has 0 aliphatic rings. The number of rotatable bonds is 4. The van der Waals surface area contributed by atoms with Crippen LogP contribution in [0.3, 0.4) is 0 Å². The van der Waals surface area contributed by atoms with E-state index in [9.17, 15) is 0 Å². The average molecular weight is 546 g/mol. The minimum absolute atomic E-state index is 0.495. The van der Waals surface area contributed by atoms with E-state index >= 15 is 0 Å². The van der Waals surface area contributed by atoms with Crippen LogP contribution in [0.15, 0.2) is 89.3 Å². The maximum Gasteiger partial charge on any atom is 0.148 e. The summed E-state index contributed by atoms with van der Waals surface area (Å²) >= 11 is 7.07. The molecule has 4 nitrogen and oxygen atoms in total. The molecule has 192 valence electrons. The molecule has 7 aromatic rings. The molecule has 10 heteroatoms. The highest BCUT2D eigenvalue weighted by Crippen LogP contribution is 2.38. The van der Waals surface area contributed by atoms with Crippen molar-refractivity contribution in [2.45, 2.75) is 0 Å². The zero-order chi connectivity index (χ0) is 28.4. The molecule has 0 N–H and O–H groups in total. The van der Waals surface area contributed by atoms with E-state index in [2.05, 4.69) is 63.5 Å². The number of benzene rings is 5. The lowest BCUT2D eigenvalue weighted by Gasteiger charge is -2.19. The highest BCUT2D eigenvalue weighted by atomic mass is 35.5. The van der Waals surface area contributed by atoms with Crippen molar-refractivity contribution in [2.75, 3.05) is 0 Å². The second-order valence-corrected chi connectivity index (χ2v) is 11.1. The first-order valence-corrected chi connectivity index (χ1v) is 14.1. The van der Waals surface area contributed by atoms with Gasteiger partial charge in [-0.2, -0.15) is 5.10 Å². The largest absolute Gasteiger partial charge is 0.456 e. The normalized spacial score (nSPS) is 11.5. The molecule has 5 aromatic carbocycles. The Morgan fingerprint density at radius 3 is 2.10 bits per heavy atom. The maximum atomic E-state index is 7.07. The van der Waals surface area contributed by atoms with E-state index in [0.717, 1.165) is 44.2 Å². The Balaban J connectivity index is 1.36. The molecule has 0 saturated heterocycles. The van der Waals surface area contributed by atoms with Gasteiger partial charge in [0.25, 0.3) is 0 Å². The Morgan fingerprint density at radius 2 is 1.32 bits per heavy atom. The van der Waals surface area contributed by atoms with Gasteiger partial charge in [0.05, 0.1) is 16.9 Å². The van der Waals surface area contributed by atoms with Gasteiger partial charge in [0.2, 0.25) is 0 Å². The molecule has 0 aliphatic carbocycles. The van der Waals surface area contributed by atoms with Gasteiger partial charge in [-0.05, 0) is 48.0 Å². The molecule has 0 saturated carbocycles. The van der Waals surface area contributed by atoms with Crippen LogP contribution in [0.2, 0.25) is 5.02 Å². The van der Waals surface area contributed by atoms with E-state index in [0.29, 0.717) is 16.5 Å². The Bertz CT molecular complexity index is 2140. The van der Waals surface area contributed by atoms with Crippen LogP contribution in [0.1, 0.15) is 0 Å². The molecule has 7 rings (SSSR count). The summed E-state index contributed by atoms with van der Waals surface area (Å²) in [5, 5.41) is 8.84. The Morgan fingerprint density at radius 1 is 0.659 bits per heavy atom. The van der Waals surface area contributed by atoms with E-state index < -0.39 is 0 Å². The number of hydrogen-bond donors (Lipinski definition) is 0. The van der Waals surface area contributed by atoms with Gasteiger partial charge in [-0.1, -0.05) is 65.0 Å². The molecule has 0 fully saturated rings. The van der Waals surface area contributed by atoms with Gasteiger partial charge in [0.15, 0.2) is 0 Å². The maximum absolute atomic E-state index is 7.07. The number of furan rings is 1. The van der Waals surface area contributed by atoms with Gasteiger partial charge in [-0.15, -0.1) is 16.4 Å². The summed E-state index contributed by atoms with van der Waals surface area (Å²) in [5.74, 6) is 1.25. The highest BCUT2D eigenvalue weighted by molar-refractivity contribution is 6.68. The molecule has 2 aromatic heterocycles. The van der Waals surface area contributed by atoms with Crippen molar-refractivity contribution >= 4 is 111 Å². The fraction of sp³-hybridized carbons (Fsp3) is 0. The Labute approximate surface area is 247 Å². The van der Waals surface area contributed by atoms with Crippen LogP contribution in [-0.4, -0.2) is 49.0 Å². The van der Waals surface area contributed by atoms with Gasteiger partial charge in [0, 0.05) is 16.2 Å². The lowest BCUT2D eigenvalue weighted by atomic mass is 9.60. The van der Waals surface area contributed by atoms with Crippen LogP contribution in [-0.2, 0) is 0 Å². The standard InChI is InChI=1S/C31H24B5ClN2O2/c32-25-24(26(33)28(35)29(36)27(25)34)31-17-7-1-3-8-19(17)39(38-31)20-9-5-11-23(30(20)37)40-15-12-13-22-18(14-15)16-6-2-4-10-21(16)41-22/h1-14H,32-36H2. The number of nitrogens with zero attached hydrogens (tertiary/aromatic N) is 2. The number of halogens is 1. The third-order valence-corrected chi connectivity index (χ3v) is 8.95. The van der Waals surface area contributed by atoms with Gasteiger partial charge >= 0.3 is 0 Å². The summed E-state index contributed by atoms with van der Waals surface area (Å²) in [6, 6.07) is 28.0. The first-order chi connectivity index (χ1) is 19.8.